The highest BCUT2D eigenvalue weighted by molar-refractivity contribution is 5.82. The fraction of sp³-hybridized carbons (Fsp3) is 0.385. The molecule has 5 rings (SSSR count). The van der Waals surface area contributed by atoms with E-state index in [2.05, 4.69) is 26.3 Å². The molecule has 1 fully saturated rings. The zero-order valence-corrected chi connectivity index (χ0v) is 20.0. The maximum absolute atomic E-state index is 10.0. The van der Waals surface area contributed by atoms with Crippen molar-refractivity contribution in [1.82, 2.24) is 24.6 Å². The van der Waals surface area contributed by atoms with E-state index in [9.17, 15) is 5.11 Å². The first-order valence-electron chi connectivity index (χ1n) is 12.0. The topological polar surface area (TPSA) is 107 Å². The van der Waals surface area contributed by atoms with Gasteiger partial charge in [-0.1, -0.05) is 0 Å². The van der Waals surface area contributed by atoms with Gasteiger partial charge in [0, 0.05) is 48.8 Å². The molecule has 0 bridgehead atoms. The van der Waals surface area contributed by atoms with Crippen LogP contribution in [0.2, 0.25) is 0 Å². The second kappa shape index (κ2) is 10.4. The van der Waals surface area contributed by atoms with Crippen molar-refractivity contribution in [3.8, 4) is 22.8 Å². The van der Waals surface area contributed by atoms with Crippen LogP contribution in [0.1, 0.15) is 44.2 Å². The summed E-state index contributed by atoms with van der Waals surface area (Å²) >= 11 is 0. The SMILES string of the molecule is COC[C@H](C)Nc1ncc2c(-c3ccnc(Oc4cccnc4)c3)cc([C@H]3CC[C@H](O)CC3)n2n1. The Hall–Kier alpha value is -3.56. The molecule has 2 N–H and O–H groups in total. The number of aliphatic hydroxyl groups excluding tert-OH is 1. The second-order valence-electron chi connectivity index (χ2n) is 9.04. The summed E-state index contributed by atoms with van der Waals surface area (Å²) in [5, 5.41) is 18.2. The minimum Gasteiger partial charge on any atom is -0.437 e. The molecule has 35 heavy (non-hydrogen) atoms. The maximum Gasteiger partial charge on any atom is 0.241 e. The number of fused-ring (bicyclic) bond motifs is 1. The lowest BCUT2D eigenvalue weighted by molar-refractivity contribution is 0.121. The molecule has 182 valence electrons. The molecule has 0 aliphatic heterocycles. The van der Waals surface area contributed by atoms with E-state index >= 15 is 0 Å². The molecule has 1 atom stereocenters. The zero-order valence-electron chi connectivity index (χ0n) is 20.0. The lowest BCUT2D eigenvalue weighted by Gasteiger charge is -2.25. The van der Waals surface area contributed by atoms with E-state index in [0.717, 1.165) is 48.0 Å². The summed E-state index contributed by atoms with van der Waals surface area (Å²) in [5.74, 6) is 1.98. The van der Waals surface area contributed by atoms with E-state index in [1.54, 1.807) is 25.7 Å². The Labute approximate surface area is 204 Å². The molecule has 0 radical (unpaired) electrons. The van der Waals surface area contributed by atoms with Crippen LogP contribution >= 0.6 is 0 Å². The molecular formula is C26H30N6O3. The van der Waals surface area contributed by atoms with Gasteiger partial charge in [-0.2, -0.15) is 0 Å². The van der Waals surface area contributed by atoms with Crippen molar-refractivity contribution in [3.63, 3.8) is 0 Å². The molecule has 1 saturated carbocycles. The third kappa shape index (κ3) is 5.26. The van der Waals surface area contributed by atoms with Crippen LogP contribution < -0.4 is 10.1 Å². The number of hydrogen-bond donors (Lipinski definition) is 2. The third-order valence-corrected chi connectivity index (χ3v) is 6.35. The Bertz CT molecular complexity index is 1270. The van der Waals surface area contributed by atoms with E-state index in [-0.39, 0.29) is 12.1 Å². The summed E-state index contributed by atoms with van der Waals surface area (Å²) < 4.78 is 13.1. The van der Waals surface area contributed by atoms with Gasteiger partial charge in [-0.05, 0) is 62.4 Å². The van der Waals surface area contributed by atoms with Crippen LogP contribution in [0.25, 0.3) is 16.6 Å². The van der Waals surface area contributed by atoms with Gasteiger partial charge >= 0.3 is 0 Å². The van der Waals surface area contributed by atoms with E-state index in [0.29, 0.717) is 30.1 Å². The Kier molecular flexibility index (Phi) is 6.87. The molecule has 4 heterocycles. The van der Waals surface area contributed by atoms with Crippen molar-refractivity contribution in [3.05, 3.63) is 60.8 Å². The summed E-state index contributed by atoms with van der Waals surface area (Å²) in [5.41, 5.74) is 4.02. The molecule has 1 aliphatic carbocycles. The predicted octanol–water partition coefficient (Wildman–Crippen LogP) is 4.44. The lowest BCUT2D eigenvalue weighted by atomic mass is 9.85. The molecule has 0 amide bonds. The van der Waals surface area contributed by atoms with E-state index in [4.69, 9.17) is 14.6 Å². The van der Waals surface area contributed by atoms with Gasteiger partial charge in [-0.25, -0.2) is 14.5 Å². The van der Waals surface area contributed by atoms with Crippen LogP contribution in [0.3, 0.4) is 0 Å². The van der Waals surface area contributed by atoms with E-state index in [1.807, 2.05) is 41.9 Å². The number of anilines is 1. The Morgan fingerprint density at radius 2 is 1.97 bits per heavy atom. The van der Waals surface area contributed by atoms with Crippen molar-refractivity contribution in [1.29, 1.82) is 0 Å². The number of nitrogens with zero attached hydrogens (tertiary/aromatic N) is 5. The number of methoxy groups -OCH3 is 1. The third-order valence-electron chi connectivity index (χ3n) is 6.35. The fourth-order valence-electron chi connectivity index (χ4n) is 4.65. The average Bonchev–Trinajstić information content (AvgIpc) is 3.24. The van der Waals surface area contributed by atoms with Gasteiger partial charge < -0.3 is 19.9 Å². The number of aliphatic hydroxyl groups is 1. The molecule has 9 nitrogen and oxygen atoms in total. The van der Waals surface area contributed by atoms with Gasteiger partial charge in [0.05, 0.1) is 30.6 Å². The molecule has 0 saturated heterocycles. The van der Waals surface area contributed by atoms with Crippen LogP contribution in [0.15, 0.2) is 55.1 Å². The molecular weight excluding hydrogens is 444 g/mol. The van der Waals surface area contributed by atoms with Crippen LogP contribution in [0.5, 0.6) is 11.6 Å². The molecule has 4 aromatic rings. The maximum atomic E-state index is 10.0. The molecule has 0 spiro atoms. The number of pyridine rings is 2. The van der Waals surface area contributed by atoms with Gasteiger partial charge in [0.2, 0.25) is 11.8 Å². The number of rotatable bonds is 8. The molecule has 0 unspecified atom stereocenters. The summed E-state index contributed by atoms with van der Waals surface area (Å²) in [6, 6.07) is 9.82. The summed E-state index contributed by atoms with van der Waals surface area (Å²) in [6.45, 7) is 2.59. The van der Waals surface area contributed by atoms with Gasteiger partial charge in [0.15, 0.2) is 0 Å². The largest absolute Gasteiger partial charge is 0.437 e. The van der Waals surface area contributed by atoms with Crippen molar-refractivity contribution in [2.24, 2.45) is 0 Å². The van der Waals surface area contributed by atoms with Gasteiger partial charge in [-0.3, -0.25) is 4.98 Å². The van der Waals surface area contributed by atoms with E-state index in [1.165, 1.54) is 0 Å². The van der Waals surface area contributed by atoms with Crippen LogP contribution in [-0.4, -0.2) is 55.5 Å². The number of hydrogen-bond acceptors (Lipinski definition) is 8. The molecule has 9 heteroatoms. The lowest BCUT2D eigenvalue weighted by Crippen LogP contribution is -2.23. The summed E-state index contributed by atoms with van der Waals surface area (Å²) in [6.07, 6.45) is 10.2. The Morgan fingerprint density at radius 3 is 2.74 bits per heavy atom. The van der Waals surface area contributed by atoms with Crippen molar-refractivity contribution < 1.29 is 14.6 Å². The van der Waals surface area contributed by atoms with Gasteiger partial charge in [0.25, 0.3) is 0 Å². The standard InChI is InChI=1S/C26H30N6O3/c1-17(16-34-2)30-26-29-15-24-22(13-23(32(24)31-26)18-5-7-20(33)8-6-18)19-9-11-28-25(12-19)35-21-4-3-10-27-14-21/h3-4,9-15,17-18,20,33H,5-8,16H2,1-2H3,(H,30,31)/t17-,18-,20-/m0/s1. The van der Waals surface area contributed by atoms with Crippen molar-refractivity contribution >= 4 is 11.5 Å². The monoisotopic (exact) mass is 474 g/mol. The van der Waals surface area contributed by atoms with E-state index < -0.39 is 0 Å². The molecule has 0 aromatic carbocycles. The Balaban J connectivity index is 1.53. The number of ether oxygens (including phenoxy) is 2. The van der Waals surface area contributed by atoms with Crippen molar-refractivity contribution in [2.45, 2.75) is 50.7 Å². The first-order chi connectivity index (χ1) is 17.1. The number of aromatic nitrogens is 5. The number of nitrogens with one attached hydrogen (secondary N) is 1. The highest BCUT2D eigenvalue weighted by Crippen LogP contribution is 2.38. The predicted molar refractivity (Wildman–Crippen MR) is 133 cm³/mol. The second-order valence-corrected chi connectivity index (χ2v) is 9.04. The fourth-order valence-corrected chi connectivity index (χ4v) is 4.65. The first-order valence-corrected chi connectivity index (χ1v) is 12.0. The molecule has 1 aliphatic rings. The highest BCUT2D eigenvalue weighted by atomic mass is 16.5. The van der Waals surface area contributed by atoms with Crippen LogP contribution in [0, 0.1) is 0 Å². The highest BCUT2D eigenvalue weighted by Gasteiger charge is 2.26. The normalized spacial score (nSPS) is 18.9. The quantitative estimate of drug-likeness (QED) is 0.386. The Morgan fingerprint density at radius 1 is 1.11 bits per heavy atom. The van der Waals surface area contributed by atoms with Crippen molar-refractivity contribution in [2.75, 3.05) is 19.0 Å². The van der Waals surface area contributed by atoms with Crippen LogP contribution in [0.4, 0.5) is 5.95 Å². The molecule has 4 aromatic heterocycles. The van der Waals surface area contributed by atoms with Gasteiger partial charge in [-0.15, -0.1) is 5.10 Å². The summed E-state index contributed by atoms with van der Waals surface area (Å²) in [4.78, 5) is 13.1. The van der Waals surface area contributed by atoms with Gasteiger partial charge in [0.1, 0.15) is 5.75 Å². The minimum atomic E-state index is -0.217. The van der Waals surface area contributed by atoms with Crippen LogP contribution in [-0.2, 0) is 4.74 Å². The smallest absolute Gasteiger partial charge is 0.241 e. The zero-order chi connectivity index (χ0) is 24.2. The first kappa shape index (κ1) is 23.2. The average molecular weight is 475 g/mol. The summed E-state index contributed by atoms with van der Waals surface area (Å²) in [7, 11) is 1.68. The minimum absolute atomic E-state index is 0.0770.